The zero-order chi connectivity index (χ0) is 22.0. The van der Waals surface area contributed by atoms with Crippen molar-refractivity contribution in [3.63, 3.8) is 0 Å². The van der Waals surface area contributed by atoms with Crippen LogP contribution in [0.15, 0.2) is 42.5 Å². The van der Waals surface area contributed by atoms with Crippen molar-refractivity contribution in [3.8, 4) is 11.1 Å². The highest BCUT2D eigenvalue weighted by Gasteiger charge is 2.23. The van der Waals surface area contributed by atoms with Gasteiger partial charge in [0.05, 0.1) is 0 Å². The van der Waals surface area contributed by atoms with Gasteiger partial charge < -0.3 is 0 Å². The topological polar surface area (TPSA) is 0 Å². The van der Waals surface area contributed by atoms with Crippen LogP contribution >= 0.6 is 11.6 Å². The van der Waals surface area contributed by atoms with Gasteiger partial charge in [-0.15, -0.1) is 0 Å². The summed E-state index contributed by atoms with van der Waals surface area (Å²) in [4.78, 5) is 0. The summed E-state index contributed by atoms with van der Waals surface area (Å²) in [6.07, 6.45) is 10.2. The summed E-state index contributed by atoms with van der Waals surface area (Å²) in [6, 6.07) is 11.5. The van der Waals surface area contributed by atoms with Crippen molar-refractivity contribution in [3.05, 3.63) is 70.5 Å². The lowest BCUT2D eigenvalue weighted by Crippen LogP contribution is -2.13. The Bertz CT molecular complexity index is 1040. The van der Waals surface area contributed by atoms with Gasteiger partial charge in [0.15, 0.2) is 0 Å². The average molecular weight is 445 g/mol. The Hall–Kier alpha value is -2.00. The molecular formula is C27H28ClF3. The number of hydrogen-bond donors (Lipinski definition) is 0. The van der Waals surface area contributed by atoms with E-state index in [1.165, 1.54) is 56.9 Å². The molecule has 0 radical (unpaired) electrons. The van der Waals surface area contributed by atoms with Gasteiger partial charge in [0.25, 0.3) is 0 Å². The minimum Gasteiger partial charge on any atom is -0.206 e. The number of fused-ring (bicyclic) bond motifs is 1. The molecule has 1 saturated carbocycles. The van der Waals surface area contributed by atoms with Gasteiger partial charge in [-0.1, -0.05) is 74.5 Å². The maximum atomic E-state index is 15.2. The first-order valence-corrected chi connectivity index (χ1v) is 11.7. The molecule has 1 aliphatic carbocycles. The van der Waals surface area contributed by atoms with Crippen molar-refractivity contribution < 1.29 is 13.2 Å². The third kappa shape index (κ3) is 4.77. The van der Waals surface area contributed by atoms with Crippen molar-refractivity contribution in [2.24, 2.45) is 5.92 Å². The second-order valence-electron chi connectivity index (χ2n) is 8.87. The minimum absolute atomic E-state index is 0.143. The van der Waals surface area contributed by atoms with Crippen molar-refractivity contribution in [2.75, 3.05) is 0 Å². The Labute approximate surface area is 187 Å². The summed E-state index contributed by atoms with van der Waals surface area (Å²) in [6.45, 7) is 2.24. The molecule has 1 aliphatic rings. The normalized spacial score (nSPS) is 19.1. The van der Waals surface area contributed by atoms with E-state index in [2.05, 4.69) is 13.0 Å². The SMILES string of the molecule is CCCCC[C@H]1CC[C@H](c2ccc3c(F)c(-c4cc(F)c(Cl)c(F)c4)ccc3c2)CC1. The molecule has 0 saturated heterocycles. The molecule has 0 aromatic heterocycles. The molecule has 164 valence electrons. The molecule has 0 aliphatic heterocycles. The highest BCUT2D eigenvalue weighted by Crippen LogP contribution is 2.39. The van der Waals surface area contributed by atoms with Gasteiger partial charge in [0.2, 0.25) is 0 Å². The van der Waals surface area contributed by atoms with E-state index in [4.69, 9.17) is 11.6 Å². The van der Waals surface area contributed by atoms with E-state index in [0.29, 0.717) is 11.3 Å². The van der Waals surface area contributed by atoms with Crippen molar-refractivity contribution >= 4 is 22.4 Å². The molecule has 0 nitrogen and oxygen atoms in total. The molecule has 0 heterocycles. The molecule has 0 unspecified atom stereocenters. The number of benzene rings is 3. The predicted molar refractivity (Wildman–Crippen MR) is 123 cm³/mol. The predicted octanol–water partition coefficient (Wildman–Crippen LogP) is 9.43. The summed E-state index contributed by atoms with van der Waals surface area (Å²) >= 11 is 5.56. The second-order valence-corrected chi connectivity index (χ2v) is 9.25. The van der Waals surface area contributed by atoms with Gasteiger partial charge in [-0.05, 0) is 66.2 Å². The zero-order valence-electron chi connectivity index (χ0n) is 17.9. The Morgan fingerprint density at radius 3 is 2.26 bits per heavy atom. The lowest BCUT2D eigenvalue weighted by atomic mass is 9.76. The first kappa shape index (κ1) is 22.2. The van der Waals surface area contributed by atoms with Gasteiger partial charge in [-0.25, -0.2) is 13.2 Å². The van der Waals surface area contributed by atoms with Crippen LogP contribution in [0.3, 0.4) is 0 Å². The molecule has 0 N–H and O–H groups in total. The zero-order valence-corrected chi connectivity index (χ0v) is 18.6. The molecule has 4 rings (SSSR count). The van der Waals surface area contributed by atoms with Crippen LogP contribution in [0.4, 0.5) is 13.2 Å². The van der Waals surface area contributed by atoms with Crippen LogP contribution in [0.25, 0.3) is 21.9 Å². The summed E-state index contributed by atoms with van der Waals surface area (Å²) in [7, 11) is 0. The van der Waals surface area contributed by atoms with Gasteiger partial charge in [0, 0.05) is 10.9 Å². The molecule has 3 aromatic carbocycles. The highest BCUT2D eigenvalue weighted by molar-refractivity contribution is 6.31. The molecular weight excluding hydrogens is 417 g/mol. The van der Waals surface area contributed by atoms with Crippen LogP contribution in [-0.2, 0) is 0 Å². The lowest BCUT2D eigenvalue weighted by molar-refractivity contribution is 0.303. The fourth-order valence-electron chi connectivity index (χ4n) is 4.97. The van der Waals surface area contributed by atoms with Crippen LogP contribution in [0.1, 0.15) is 69.8 Å². The smallest absolute Gasteiger partial charge is 0.145 e. The van der Waals surface area contributed by atoms with E-state index in [9.17, 15) is 8.78 Å². The van der Waals surface area contributed by atoms with Gasteiger partial charge >= 0.3 is 0 Å². The maximum Gasteiger partial charge on any atom is 0.145 e. The van der Waals surface area contributed by atoms with Crippen LogP contribution in [0, 0.1) is 23.4 Å². The quantitative estimate of drug-likeness (QED) is 0.262. The van der Waals surface area contributed by atoms with Gasteiger partial charge in [0.1, 0.15) is 22.5 Å². The molecule has 0 bridgehead atoms. The Kier molecular flexibility index (Phi) is 6.91. The average Bonchev–Trinajstić information content (AvgIpc) is 2.78. The number of halogens is 4. The second kappa shape index (κ2) is 9.65. The number of hydrogen-bond acceptors (Lipinski definition) is 0. The number of unbranched alkanes of at least 4 members (excludes halogenated alkanes) is 2. The van der Waals surface area contributed by atoms with Crippen molar-refractivity contribution in [2.45, 2.75) is 64.2 Å². The summed E-state index contributed by atoms with van der Waals surface area (Å²) in [5.41, 5.74) is 1.57. The largest absolute Gasteiger partial charge is 0.206 e. The Balaban J connectivity index is 1.54. The molecule has 0 amide bonds. The Morgan fingerprint density at radius 2 is 1.58 bits per heavy atom. The van der Waals surface area contributed by atoms with E-state index >= 15 is 4.39 Å². The summed E-state index contributed by atoms with van der Waals surface area (Å²) in [5, 5.41) is 0.707. The van der Waals surface area contributed by atoms with Crippen LogP contribution in [0.5, 0.6) is 0 Å². The first-order chi connectivity index (χ1) is 15.0. The molecule has 31 heavy (non-hydrogen) atoms. The van der Waals surface area contributed by atoms with Gasteiger partial charge in [-0.3, -0.25) is 0 Å². The minimum atomic E-state index is -0.892. The third-order valence-electron chi connectivity index (χ3n) is 6.81. The monoisotopic (exact) mass is 444 g/mol. The van der Waals surface area contributed by atoms with Crippen molar-refractivity contribution in [1.29, 1.82) is 0 Å². The van der Waals surface area contributed by atoms with Crippen molar-refractivity contribution in [1.82, 2.24) is 0 Å². The highest BCUT2D eigenvalue weighted by atomic mass is 35.5. The van der Waals surface area contributed by atoms with Crippen LogP contribution in [0.2, 0.25) is 5.02 Å². The van der Waals surface area contributed by atoms with E-state index in [-0.39, 0.29) is 11.1 Å². The standard InChI is InChI=1S/C27H28ClF3/c1-2-3-4-5-17-6-8-18(9-7-17)19-10-12-22-20(14-19)11-13-23(27(22)31)21-15-24(29)26(28)25(30)16-21/h10-18H,2-9H2,1H3/t17-,18-. The molecule has 0 spiro atoms. The molecule has 0 atom stereocenters. The maximum absolute atomic E-state index is 15.2. The van der Waals surface area contributed by atoms with E-state index in [1.54, 1.807) is 12.1 Å². The number of rotatable bonds is 6. The third-order valence-corrected chi connectivity index (χ3v) is 7.17. The first-order valence-electron chi connectivity index (χ1n) is 11.3. The van der Waals surface area contributed by atoms with E-state index < -0.39 is 22.5 Å². The van der Waals surface area contributed by atoms with E-state index in [1.807, 2.05) is 12.1 Å². The Morgan fingerprint density at radius 1 is 0.871 bits per heavy atom. The summed E-state index contributed by atoms with van der Waals surface area (Å²) in [5.74, 6) is -0.879. The fraction of sp³-hybridized carbons (Fsp3) is 0.407. The van der Waals surface area contributed by atoms with E-state index in [0.717, 1.165) is 23.4 Å². The summed E-state index contributed by atoms with van der Waals surface area (Å²) < 4.78 is 42.9. The fourth-order valence-corrected chi connectivity index (χ4v) is 5.07. The molecule has 3 aromatic rings. The molecule has 4 heteroatoms. The van der Waals surface area contributed by atoms with Gasteiger partial charge in [-0.2, -0.15) is 0 Å². The van der Waals surface area contributed by atoms with Crippen LogP contribution in [-0.4, -0.2) is 0 Å². The lowest BCUT2D eigenvalue weighted by Gasteiger charge is -2.29. The molecule has 1 fully saturated rings. The van der Waals surface area contributed by atoms with Crippen LogP contribution < -0.4 is 0 Å².